The molecule has 6 atom stereocenters. The molecule has 0 bridgehead atoms. The molecule has 0 radical (unpaired) electrons. The van der Waals surface area contributed by atoms with Crippen molar-refractivity contribution in [2.45, 2.75) is 76.2 Å². The van der Waals surface area contributed by atoms with Gasteiger partial charge in [-0.1, -0.05) is 60.7 Å². The van der Waals surface area contributed by atoms with Crippen LogP contribution in [0.5, 0.6) is 0 Å². The van der Waals surface area contributed by atoms with Crippen molar-refractivity contribution < 1.29 is 24.2 Å². The fourth-order valence-electron chi connectivity index (χ4n) is 6.53. The first-order valence-electron chi connectivity index (χ1n) is 16.1. The first-order valence-corrected chi connectivity index (χ1v) is 16.1. The Morgan fingerprint density at radius 1 is 1.02 bits per heavy atom. The second kappa shape index (κ2) is 14.8. The smallest absolute Gasteiger partial charge is 0.239 e. The lowest BCUT2D eigenvalue weighted by Crippen LogP contribution is -2.62. The first kappa shape index (κ1) is 33.7. The number of halogens is 1. The van der Waals surface area contributed by atoms with Crippen LogP contribution in [0.2, 0.25) is 0 Å². The van der Waals surface area contributed by atoms with E-state index in [4.69, 9.17) is 0 Å². The highest BCUT2D eigenvalue weighted by molar-refractivity contribution is 5.83. The number of amides is 2. The highest BCUT2D eigenvalue weighted by Crippen LogP contribution is 2.32. The third-order valence-corrected chi connectivity index (χ3v) is 8.82. The second-order valence-corrected chi connectivity index (χ2v) is 13.6. The van der Waals surface area contributed by atoms with Crippen LogP contribution in [-0.4, -0.2) is 93.0 Å². The van der Waals surface area contributed by atoms with Crippen molar-refractivity contribution in [3.8, 4) is 0 Å². The molecule has 0 saturated carbocycles. The zero-order chi connectivity index (χ0) is 32.8. The Balaban J connectivity index is 1.32. The SMILES string of the molecule is CC(C)(C)NC(=O)[C@@H]1CN(Cc2cccnc2)CCN1C[C@@H](O)[C@@H](F)[C@@H](Cc1ccccc1)C(=O)N[C@H]1c2ccccc2C[C@H]1O. The number of rotatable bonds is 11. The molecule has 2 amide bonds. The summed E-state index contributed by atoms with van der Waals surface area (Å²) in [7, 11) is 0. The summed E-state index contributed by atoms with van der Waals surface area (Å²) in [5.41, 5.74) is 3.07. The van der Waals surface area contributed by atoms with E-state index >= 15 is 4.39 Å². The van der Waals surface area contributed by atoms with E-state index in [0.29, 0.717) is 32.6 Å². The highest BCUT2D eigenvalue weighted by atomic mass is 19.1. The van der Waals surface area contributed by atoms with Gasteiger partial charge in [-0.3, -0.25) is 24.4 Å². The summed E-state index contributed by atoms with van der Waals surface area (Å²) in [5.74, 6) is -1.98. The number of fused-ring (bicyclic) bond motifs is 1. The fourth-order valence-corrected chi connectivity index (χ4v) is 6.53. The Morgan fingerprint density at radius 2 is 1.74 bits per heavy atom. The molecule has 2 aromatic carbocycles. The minimum absolute atomic E-state index is 0.0716. The normalized spacial score (nSPS) is 22.4. The number of aromatic nitrogens is 1. The molecule has 46 heavy (non-hydrogen) atoms. The van der Waals surface area contributed by atoms with Crippen LogP contribution in [0.15, 0.2) is 79.1 Å². The summed E-state index contributed by atoms with van der Waals surface area (Å²) in [6.45, 7) is 7.67. The zero-order valence-corrected chi connectivity index (χ0v) is 26.8. The molecule has 2 heterocycles. The van der Waals surface area contributed by atoms with Gasteiger partial charge in [0, 0.05) is 57.1 Å². The summed E-state index contributed by atoms with van der Waals surface area (Å²) in [6, 6.07) is 19.2. The van der Waals surface area contributed by atoms with Gasteiger partial charge in [0.05, 0.1) is 24.2 Å². The van der Waals surface area contributed by atoms with Crippen LogP contribution in [0.25, 0.3) is 0 Å². The molecule has 246 valence electrons. The standard InChI is InChI=1S/C36H46FN5O4/c1-36(2,3)40-35(46)29-22-41(21-25-12-9-15-38-20-25)16-17-42(29)23-31(44)32(37)28(18-24-10-5-4-6-11-24)34(45)39-33-27-14-8-7-13-26(27)19-30(33)43/h4-15,20,28-33,43-44H,16-19,21-23H2,1-3H3,(H,39,45)(H,40,46)/t28-,29+,30-,31-,32+,33+/m1/s1. The summed E-state index contributed by atoms with van der Waals surface area (Å²) in [6.07, 6.45) is -0.292. The second-order valence-electron chi connectivity index (χ2n) is 13.6. The predicted octanol–water partition coefficient (Wildman–Crippen LogP) is 2.81. The van der Waals surface area contributed by atoms with E-state index in [0.717, 1.165) is 22.3 Å². The van der Waals surface area contributed by atoms with Crippen LogP contribution in [-0.2, 0) is 29.0 Å². The van der Waals surface area contributed by atoms with Crippen molar-refractivity contribution >= 4 is 11.8 Å². The Kier molecular flexibility index (Phi) is 10.8. The quantitative estimate of drug-likeness (QED) is 0.257. The Morgan fingerprint density at radius 3 is 2.46 bits per heavy atom. The van der Waals surface area contributed by atoms with Crippen molar-refractivity contribution in [3.05, 3.63) is 101 Å². The van der Waals surface area contributed by atoms with Crippen LogP contribution in [0, 0.1) is 5.92 Å². The molecule has 5 rings (SSSR count). The van der Waals surface area contributed by atoms with Gasteiger partial charge >= 0.3 is 0 Å². The van der Waals surface area contributed by atoms with Crippen LogP contribution in [0.3, 0.4) is 0 Å². The number of carbonyl (C=O) groups is 2. The van der Waals surface area contributed by atoms with Crippen molar-refractivity contribution in [1.29, 1.82) is 0 Å². The number of pyridine rings is 1. The van der Waals surface area contributed by atoms with E-state index in [-0.39, 0.29) is 18.9 Å². The van der Waals surface area contributed by atoms with Crippen molar-refractivity contribution in [1.82, 2.24) is 25.4 Å². The number of alkyl halides is 1. The van der Waals surface area contributed by atoms with Gasteiger partial charge in [0.15, 0.2) is 0 Å². The number of aliphatic hydroxyl groups excluding tert-OH is 2. The van der Waals surface area contributed by atoms with E-state index in [9.17, 15) is 19.8 Å². The molecule has 9 nitrogen and oxygen atoms in total. The molecule has 4 N–H and O–H groups in total. The molecule has 3 aromatic rings. The van der Waals surface area contributed by atoms with Crippen molar-refractivity contribution in [2.24, 2.45) is 5.92 Å². The average molecular weight is 632 g/mol. The minimum Gasteiger partial charge on any atom is -0.390 e. The highest BCUT2D eigenvalue weighted by Gasteiger charge is 2.41. The topological polar surface area (TPSA) is 118 Å². The lowest BCUT2D eigenvalue weighted by molar-refractivity contribution is -0.135. The van der Waals surface area contributed by atoms with Gasteiger partial charge in [0.1, 0.15) is 12.2 Å². The summed E-state index contributed by atoms with van der Waals surface area (Å²) in [5, 5.41) is 28.1. The number of hydrogen-bond donors (Lipinski definition) is 4. The maximum atomic E-state index is 16.5. The molecular weight excluding hydrogens is 585 g/mol. The van der Waals surface area contributed by atoms with E-state index in [1.165, 1.54) is 0 Å². The molecule has 10 heteroatoms. The van der Waals surface area contributed by atoms with E-state index in [2.05, 4.69) is 20.5 Å². The van der Waals surface area contributed by atoms with Crippen LogP contribution >= 0.6 is 0 Å². The number of β-amino-alcohol motifs (C(OH)–C–C–N with tert-alkyl or cyclic N) is 1. The largest absolute Gasteiger partial charge is 0.390 e. The maximum Gasteiger partial charge on any atom is 0.239 e. The molecule has 1 aromatic heterocycles. The molecule has 0 spiro atoms. The summed E-state index contributed by atoms with van der Waals surface area (Å²) < 4.78 is 16.5. The average Bonchev–Trinajstić information content (AvgIpc) is 3.34. The van der Waals surface area contributed by atoms with Gasteiger partial charge in [-0.05, 0) is 55.5 Å². The number of piperazine rings is 1. The number of benzene rings is 2. The van der Waals surface area contributed by atoms with Crippen LogP contribution in [0.4, 0.5) is 4.39 Å². The van der Waals surface area contributed by atoms with E-state index in [1.807, 2.05) is 92.4 Å². The summed E-state index contributed by atoms with van der Waals surface area (Å²) >= 11 is 0. The van der Waals surface area contributed by atoms with Gasteiger partial charge < -0.3 is 20.8 Å². The number of aliphatic hydroxyl groups is 2. The minimum atomic E-state index is -1.92. The van der Waals surface area contributed by atoms with Crippen molar-refractivity contribution in [3.63, 3.8) is 0 Å². The molecule has 0 unspecified atom stereocenters. The fraction of sp³-hybridized carbons (Fsp3) is 0.472. The number of nitrogens with zero attached hydrogens (tertiary/aromatic N) is 3. The number of hydrogen-bond acceptors (Lipinski definition) is 7. The third-order valence-electron chi connectivity index (χ3n) is 8.82. The molecular formula is C36H46FN5O4. The number of nitrogens with one attached hydrogen (secondary N) is 2. The summed E-state index contributed by atoms with van der Waals surface area (Å²) in [4.78, 5) is 35.5. The van der Waals surface area contributed by atoms with Gasteiger partial charge in [0.25, 0.3) is 0 Å². The Bertz CT molecular complexity index is 1450. The van der Waals surface area contributed by atoms with E-state index < -0.39 is 47.8 Å². The first-order chi connectivity index (χ1) is 22.0. The lowest BCUT2D eigenvalue weighted by atomic mass is 9.90. The molecule has 2 aliphatic rings. The van der Waals surface area contributed by atoms with Crippen molar-refractivity contribution in [2.75, 3.05) is 26.2 Å². The van der Waals surface area contributed by atoms with Gasteiger partial charge in [-0.15, -0.1) is 0 Å². The third kappa shape index (κ3) is 8.55. The molecule has 1 aliphatic carbocycles. The molecule has 1 fully saturated rings. The zero-order valence-electron chi connectivity index (χ0n) is 26.8. The van der Waals surface area contributed by atoms with E-state index in [1.54, 1.807) is 12.4 Å². The van der Waals surface area contributed by atoms with Gasteiger partial charge in [-0.25, -0.2) is 4.39 Å². The molecule has 1 aliphatic heterocycles. The van der Waals surface area contributed by atoms with Crippen LogP contribution in [0.1, 0.15) is 49.1 Å². The Labute approximate surface area is 270 Å². The lowest BCUT2D eigenvalue weighted by Gasteiger charge is -2.42. The predicted molar refractivity (Wildman–Crippen MR) is 174 cm³/mol. The van der Waals surface area contributed by atoms with Crippen LogP contribution < -0.4 is 10.6 Å². The van der Waals surface area contributed by atoms with Gasteiger partial charge in [-0.2, -0.15) is 0 Å². The monoisotopic (exact) mass is 631 g/mol. The Hall–Kier alpha value is -3.70. The number of carbonyl (C=O) groups excluding carboxylic acids is 2. The maximum absolute atomic E-state index is 16.5. The molecule has 1 saturated heterocycles. The van der Waals surface area contributed by atoms with Gasteiger partial charge in [0.2, 0.25) is 11.8 Å².